The summed E-state index contributed by atoms with van der Waals surface area (Å²) in [7, 11) is 0. The first-order chi connectivity index (χ1) is 7.59. The van der Waals surface area contributed by atoms with Crippen molar-refractivity contribution in [2.75, 3.05) is 0 Å². The van der Waals surface area contributed by atoms with Crippen molar-refractivity contribution in [1.82, 2.24) is 0 Å². The van der Waals surface area contributed by atoms with Crippen LogP contribution in [0.25, 0.3) is 0 Å². The number of aliphatic hydroxyl groups is 1. The highest BCUT2D eigenvalue weighted by Crippen LogP contribution is 2.31. The fraction of sp³-hybridized carbons (Fsp3) is 0.231. The first kappa shape index (κ1) is 11.4. The van der Waals surface area contributed by atoms with Crippen LogP contribution in [0.15, 0.2) is 39.6 Å². The third-order valence-corrected chi connectivity index (χ3v) is 3.31. The molecular formula is C13H13BrO2. The second kappa shape index (κ2) is 4.44. The smallest absolute Gasteiger partial charge is 0.175 e. The average Bonchev–Trinajstić information content (AvgIpc) is 2.63. The highest BCUT2D eigenvalue weighted by Gasteiger charge is 2.17. The molecule has 0 aliphatic heterocycles. The number of hydrogen-bond acceptors (Lipinski definition) is 2. The lowest BCUT2D eigenvalue weighted by Crippen LogP contribution is -2.01. The number of rotatable bonds is 2. The maximum Gasteiger partial charge on any atom is 0.175 e. The van der Waals surface area contributed by atoms with Crippen LogP contribution in [0.1, 0.15) is 28.4 Å². The van der Waals surface area contributed by atoms with Gasteiger partial charge in [-0.15, -0.1) is 0 Å². The molecule has 0 aliphatic rings. The standard InChI is InChI=1S/C13H13BrO2/c1-8-3-4-10(9(2)7-8)12(15)11-5-6-16-13(11)14/h3-7,12,15H,1-2H3. The van der Waals surface area contributed by atoms with Gasteiger partial charge < -0.3 is 9.52 Å². The number of aliphatic hydroxyl groups excluding tert-OH is 1. The SMILES string of the molecule is Cc1ccc(C(O)c2ccoc2Br)c(C)c1. The Morgan fingerprint density at radius 2 is 1.94 bits per heavy atom. The van der Waals surface area contributed by atoms with Crippen LogP contribution in [0.3, 0.4) is 0 Å². The van der Waals surface area contributed by atoms with Crippen LogP contribution in [0.5, 0.6) is 0 Å². The minimum atomic E-state index is -0.645. The topological polar surface area (TPSA) is 33.4 Å². The maximum atomic E-state index is 10.2. The third-order valence-electron chi connectivity index (χ3n) is 2.66. The molecule has 84 valence electrons. The fourth-order valence-corrected chi connectivity index (χ4v) is 2.26. The van der Waals surface area contributed by atoms with E-state index in [1.54, 1.807) is 12.3 Å². The van der Waals surface area contributed by atoms with Gasteiger partial charge in [0.15, 0.2) is 4.67 Å². The molecule has 0 fully saturated rings. The Hall–Kier alpha value is -1.06. The molecule has 0 aliphatic carbocycles. The summed E-state index contributed by atoms with van der Waals surface area (Å²) < 4.78 is 5.71. The van der Waals surface area contributed by atoms with Gasteiger partial charge in [-0.2, -0.15) is 0 Å². The van der Waals surface area contributed by atoms with Crippen LogP contribution in [0.4, 0.5) is 0 Å². The molecule has 16 heavy (non-hydrogen) atoms. The molecule has 1 heterocycles. The first-order valence-electron chi connectivity index (χ1n) is 5.07. The monoisotopic (exact) mass is 280 g/mol. The van der Waals surface area contributed by atoms with Gasteiger partial charge in [0.2, 0.25) is 0 Å². The summed E-state index contributed by atoms with van der Waals surface area (Å²) in [6.45, 7) is 4.04. The molecule has 1 aromatic carbocycles. The van der Waals surface area contributed by atoms with Crippen molar-refractivity contribution in [2.24, 2.45) is 0 Å². The van der Waals surface area contributed by atoms with E-state index in [1.807, 2.05) is 26.0 Å². The van der Waals surface area contributed by atoms with Gasteiger partial charge in [-0.3, -0.25) is 0 Å². The van der Waals surface area contributed by atoms with Gasteiger partial charge in [0.05, 0.1) is 6.26 Å². The fourth-order valence-electron chi connectivity index (χ4n) is 1.80. The van der Waals surface area contributed by atoms with Crippen LogP contribution in [0, 0.1) is 13.8 Å². The van der Waals surface area contributed by atoms with E-state index in [4.69, 9.17) is 4.42 Å². The zero-order valence-corrected chi connectivity index (χ0v) is 10.8. The van der Waals surface area contributed by atoms with Crippen LogP contribution in [0.2, 0.25) is 0 Å². The van der Waals surface area contributed by atoms with Crippen molar-refractivity contribution in [1.29, 1.82) is 0 Å². The average molecular weight is 281 g/mol. The Bertz CT molecular complexity index is 502. The van der Waals surface area contributed by atoms with Gasteiger partial charge in [-0.05, 0) is 47.0 Å². The Morgan fingerprint density at radius 3 is 2.50 bits per heavy atom. The number of aryl methyl sites for hydroxylation is 2. The molecule has 3 heteroatoms. The molecule has 1 unspecified atom stereocenters. The van der Waals surface area contributed by atoms with E-state index >= 15 is 0 Å². The van der Waals surface area contributed by atoms with E-state index in [0.29, 0.717) is 4.67 Å². The summed E-state index contributed by atoms with van der Waals surface area (Å²) >= 11 is 3.28. The van der Waals surface area contributed by atoms with Crippen molar-refractivity contribution in [3.05, 3.63) is 57.5 Å². The largest absolute Gasteiger partial charge is 0.457 e. The number of benzene rings is 1. The highest BCUT2D eigenvalue weighted by molar-refractivity contribution is 9.10. The Labute approximate surface area is 103 Å². The minimum Gasteiger partial charge on any atom is -0.457 e. The molecule has 1 N–H and O–H groups in total. The van der Waals surface area contributed by atoms with E-state index in [2.05, 4.69) is 22.0 Å². The third kappa shape index (κ3) is 2.06. The highest BCUT2D eigenvalue weighted by atomic mass is 79.9. The molecule has 0 saturated heterocycles. The van der Waals surface area contributed by atoms with Crippen molar-refractivity contribution in [3.8, 4) is 0 Å². The molecule has 0 saturated carbocycles. The molecule has 0 amide bonds. The van der Waals surface area contributed by atoms with Gasteiger partial charge >= 0.3 is 0 Å². The molecule has 0 radical (unpaired) electrons. The van der Waals surface area contributed by atoms with Gasteiger partial charge in [-0.25, -0.2) is 0 Å². The summed E-state index contributed by atoms with van der Waals surface area (Å²) in [6.07, 6.45) is 0.917. The van der Waals surface area contributed by atoms with E-state index in [9.17, 15) is 5.11 Å². The Balaban J connectivity index is 2.41. The molecular weight excluding hydrogens is 268 g/mol. The molecule has 0 bridgehead atoms. The van der Waals surface area contributed by atoms with E-state index < -0.39 is 6.10 Å². The maximum absolute atomic E-state index is 10.2. The number of hydrogen-bond donors (Lipinski definition) is 1. The molecule has 2 aromatic rings. The lowest BCUT2D eigenvalue weighted by atomic mass is 9.98. The predicted molar refractivity (Wildman–Crippen MR) is 66.4 cm³/mol. The van der Waals surface area contributed by atoms with Gasteiger partial charge in [0.1, 0.15) is 6.10 Å². The Morgan fingerprint density at radius 1 is 1.19 bits per heavy atom. The summed E-state index contributed by atoms with van der Waals surface area (Å²) in [4.78, 5) is 0. The summed E-state index contributed by atoms with van der Waals surface area (Å²) in [5.74, 6) is 0. The summed E-state index contributed by atoms with van der Waals surface area (Å²) in [5, 5.41) is 10.2. The van der Waals surface area contributed by atoms with Crippen molar-refractivity contribution in [2.45, 2.75) is 20.0 Å². The second-order valence-corrected chi connectivity index (χ2v) is 4.63. The minimum absolute atomic E-state index is 0.583. The van der Waals surface area contributed by atoms with Gasteiger partial charge in [0, 0.05) is 5.56 Å². The molecule has 2 nitrogen and oxygen atoms in total. The lowest BCUT2D eigenvalue weighted by Gasteiger charge is -2.13. The second-order valence-electron chi connectivity index (χ2n) is 3.91. The quantitative estimate of drug-likeness (QED) is 0.909. The van der Waals surface area contributed by atoms with Crippen LogP contribution >= 0.6 is 15.9 Å². The van der Waals surface area contributed by atoms with Crippen molar-refractivity contribution >= 4 is 15.9 Å². The summed E-state index contributed by atoms with van der Waals surface area (Å²) in [6, 6.07) is 7.79. The molecule has 0 spiro atoms. The zero-order valence-electron chi connectivity index (χ0n) is 9.20. The number of halogens is 1. The number of furan rings is 1. The van der Waals surface area contributed by atoms with Crippen molar-refractivity contribution < 1.29 is 9.52 Å². The zero-order chi connectivity index (χ0) is 11.7. The van der Waals surface area contributed by atoms with E-state index in [-0.39, 0.29) is 0 Å². The molecule has 1 atom stereocenters. The van der Waals surface area contributed by atoms with E-state index in [0.717, 1.165) is 16.7 Å². The van der Waals surface area contributed by atoms with Crippen LogP contribution in [-0.4, -0.2) is 5.11 Å². The van der Waals surface area contributed by atoms with Crippen LogP contribution in [-0.2, 0) is 0 Å². The van der Waals surface area contributed by atoms with E-state index in [1.165, 1.54) is 5.56 Å². The van der Waals surface area contributed by atoms with Gasteiger partial charge in [0.25, 0.3) is 0 Å². The first-order valence-corrected chi connectivity index (χ1v) is 5.87. The molecule has 1 aromatic heterocycles. The Kier molecular flexibility index (Phi) is 3.17. The normalized spacial score (nSPS) is 12.8. The van der Waals surface area contributed by atoms with Gasteiger partial charge in [-0.1, -0.05) is 23.8 Å². The summed E-state index contributed by atoms with van der Waals surface area (Å²) in [5.41, 5.74) is 3.94. The van der Waals surface area contributed by atoms with Crippen molar-refractivity contribution in [3.63, 3.8) is 0 Å². The van der Waals surface area contributed by atoms with Crippen LogP contribution < -0.4 is 0 Å². The molecule has 2 rings (SSSR count). The predicted octanol–water partition coefficient (Wildman–Crippen LogP) is 3.74. The lowest BCUT2D eigenvalue weighted by molar-refractivity contribution is 0.217.